The molecule has 1 aromatic heterocycles. The monoisotopic (exact) mass is 314 g/mol. The minimum Gasteiger partial charge on any atom is -0.308 e. The number of hydrogen-bond acceptors (Lipinski definition) is 3. The maximum Gasteiger partial charge on any atom is 0.124 e. The summed E-state index contributed by atoms with van der Waals surface area (Å²) >= 11 is 5.00. The van der Waals surface area contributed by atoms with E-state index in [-0.39, 0.29) is 5.82 Å². The molecule has 1 aromatic carbocycles. The minimum absolute atomic E-state index is 0.223. The van der Waals surface area contributed by atoms with Crippen molar-refractivity contribution in [1.29, 1.82) is 0 Å². The van der Waals surface area contributed by atoms with Crippen LogP contribution in [0.5, 0.6) is 0 Å². The van der Waals surface area contributed by atoms with Gasteiger partial charge in [-0.1, -0.05) is 22.0 Å². The summed E-state index contributed by atoms with van der Waals surface area (Å²) in [7, 11) is 0. The zero-order chi connectivity index (χ0) is 12.3. The molecule has 90 valence electrons. The van der Waals surface area contributed by atoms with Crippen molar-refractivity contribution in [3.05, 3.63) is 50.1 Å². The molecule has 2 aromatic rings. The lowest BCUT2D eigenvalue weighted by Gasteiger charge is -2.06. The van der Waals surface area contributed by atoms with Gasteiger partial charge in [0.1, 0.15) is 5.82 Å². The van der Waals surface area contributed by atoms with Crippen LogP contribution in [-0.4, -0.2) is 4.98 Å². The SMILES string of the molecule is Cc1ncsc1CNCc1ccc(F)cc1Br. The summed E-state index contributed by atoms with van der Waals surface area (Å²) < 4.78 is 13.7. The van der Waals surface area contributed by atoms with E-state index in [4.69, 9.17) is 0 Å². The maximum absolute atomic E-state index is 12.9. The number of thiazole rings is 1. The summed E-state index contributed by atoms with van der Waals surface area (Å²) in [5.74, 6) is -0.223. The van der Waals surface area contributed by atoms with Gasteiger partial charge < -0.3 is 5.32 Å². The molecular weight excluding hydrogens is 303 g/mol. The molecule has 0 saturated carbocycles. The van der Waals surface area contributed by atoms with Crippen molar-refractivity contribution in [3.8, 4) is 0 Å². The average Bonchev–Trinajstić information content (AvgIpc) is 2.68. The number of benzene rings is 1. The van der Waals surface area contributed by atoms with Gasteiger partial charge >= 0.3 is 0 Å². The highest BCUT2D eigenvalue weighted by atomic mass is 79.9. The molecule has 1 N–H and O–H groups in total. The average molecular weight is 315 g/mol. The van der Waals surface area contributed by atoms with Crippen molar-refractivity contribution >= 4 is 27.3 Å². The lowest BCUT2D eigenvalue weighted by molar-refractivity contribution is 0.623. The van der Waals surface area contributed by atoms with Crippen LogP contribution in [0.15, 0.2) is 28.2 Å². The predicted molar refractivity (Wildman–Crippen MR) is 71.5 cm³/mol. The molecule has 0 unspecified atom stereocenters. The van der Waals surface area contributed by atoms with Gasteiger partial charge in [0.2, 0.25) is 0 Å². The smallest absolute Gasteiger partial charge is 0.124 e. The Morgan fingerprint density at radius 3 is 2.88 bits per heavy atom. The summed E-state index contributed by atoms with van der Waals surface area (Å²) in [4.78, 5) is 5.43. The number of rotatable bonds is 4. The Labute approximate surface area is 112 Å². The number of nitrogens with one attached hydrogen (secondary N) is 1. The Balaban J connectivity index is 1.92. The maximum atomic E-state index is 12.9. The lowest BCUT2D eigenvalue weighted by atomic mass is 10.2. The van der Waals surface area contributed by atoms with Gasteiger partial charge in [0.25, 0.3) is 0 Å². The first-order valence-corrected chi connectivity index (χ1v) is 6.87. The lowest BCUT2D eigenvalue weighted by Crippen LogP contribution is -2.12. The van der Waals surface area contributed by atoms with Gasteiger partial charge in [0, 0.05) is 22.4 Å². The molecular formula is C12H12BrFN2S. The Morgan fingerprint density at radius 2 is 2.24 bits per heavy atom. The number of aryl methyl sites for hydroxylation is 1. The first kappa shape index (κ1) is 12.7. The molecule has 0 radical (unpaired) electrons. The van der Waals surface area contributed by atoms with Crippen molar-refractivity contribution in [2.45, 2.75) is 20.0 Å². The fraction of sp³-hybridized carbons (Fsp3) is 0.250. The zero-order valence-electron chi connectivity index (χ0n) is 9.34. The van der Waals surface area contributed by atoms with E-state index in [9.17, 15) is 4.39 Å². The van der Waals surface area contributed by atoms with Crippen LogP contribution >= 0.6 is 27.3 Å². The summed E-state index contributed by atoms with van der Waals surface area (Å²) in [6.07, 6.45) is 0. The zero-order valence-corrected chi connectivity index (χ0v) is 11.7. The van der Waals surface area contributed by atoms with Crippen LogP contribution in [0.4, 0.5) is 4.39 Å². The van der Waals surface area contributed by atoms with Crippen LogP contribution in [0.25, 0.3) is 0 Å². The second-order valence-corrected chi connectivity index (χ2v) is 5.49. The van der Waals surface area contributed by atoms with Crippen molar-refractivity contribution < 1.29 is 4.39 Å². The third-order valence-corrected chi connectivity index (χ3v) is 4.13. The summed E-state index contributed by atoms with van der Waals surface area (Å²) in [6, 6.07) is 4.74. The molecule has 0 aliphatic carbocycles. The molecule has 0 aliphatic rings. The minimum atomic E-state index is -0.223. The molecule has 5 heteroatoms. The Kier molecular flexibility index (Phi) is 4.25. The van der Waals surface area contributed by atoms with Gasteiger partial charge in [-0.3, -0.25) is 0 Å². The van der Waals surface area contributed by atoms with E-state index in [0.29, 0.717) is 6.54 Å². The number of halogens is 2. The van der Waals surface area contributed by atoms with Gasteiger partial charge in [-0.15, -0.1) is 11.3 Å². The highest BCUT2D eigenvalue weighted by molar-refractivity contribution is 9.10. The van der Waals surface area contributed by atoms with Gasteiger partial charge in [-0.25, -0.2) is 9.37 Å². The van der Waals surface area contributed by atoms with Gasteiger partial charge in [0.05, 0.1) is 11.2 Å². The van der Waals surface area contributed by atoms with Crippen LogP contribution in [0.2, 0.25) is 0 Å². The molecule has 0 amide bonds. The van der Waals surface area contributed by atoms with Gasteiger partial charge in [-0.05, 0) is 24.6 Å². The second kappa shape index (κ2) is 5.71. The third-order valence-electron chi connectivity index (χ3n) is 2.46. The van der Waals surface area contributed by atoms with E-state index in [1.807, 2.05) is 12.4 Å². The molecule has 0 spiro atoms. The fourth-order valence-electron chi connectivity index (χ4n) is 1.47. The highest BCUT2D eigenvalue weighted by Crippen LogP contribution is 2.18. The molecule has 0 saturated heterocycles. The summed E-state index contributed by atoms with van der Waals surface area (Å²) in [5, 5.41) is 3.32. The Hall–Kier alpha value is -0.780. The second-order valence-electron chi connectivity index (χ2n) is 3.70. The molecule has 17 heavy (non-hydrogen) atoms. The molecule has 0 fully saturated rings. The van der Waals surface area contributed by atoms with E-state index in [0.717, 1.165) is 22.3 Å². The van der Waals surface area contributed by atoms with E-state index >= 15 is 0 Å². The molecule has 2 nitrogen and oxygen atoms in total. The summed E-state index contributed by atoms with van der Waals surface area (Å²) in [5.41, 5.74) is 3.97. The third kappa shape index (κ3) is 3.34. The Bertz CT molecular complexity index is 513. The van der Waals surface area contributed by atoms with Crippen molar-refractivity contribution in [2.24, 2.45) is 0 Å². The molecule has 0 aliphatic heterocycles. The Morgan fingerprint density at radius 1 is 1.41 bits per heavy atom. The first-order chi connectivity index (χ1) is 8.16. The molecule has 2 rings (SSSR count). The van der Waals surface area contributed by atoms with E-state index in [2.05, 4.69) is 26.2 Å². The summed E-state index contributed by atoms with van der Waals surface area (Å²) in [6.45, 7) is 3.50. The van der Waals surface area contributed by atoms with Gasteiger partial charge in [0.15, 0.2) is 0 Å². The topological polar surface area (TPSA) is 24.9 Å². The molecule has 1 heterocycles. The number of hydrogen-bond donors (Lipinski definition) is 1. The van der Waals surface area contributed by atoms with E-state index in [1.54, 1.807) is 17.4 Å². The van der Waals surface area contributed by atoms with Crippen molar-refractivity contribution in [3.63, 3.8) is 0 Å². The molecule has 0 atom stereocenters. The largest absolute Gasteiger partial charge is 0.308 e. The van der Waals surface area contributed by atoms with E-state index < -0.39 is 0 Å². The standard InChI is InChI=1S/C12H12BrFN2S/c1-8-12(17-7-16-8)6-15-5-9-2-3-10(14)4-11(9)13/h2-4,7,15H,5-6H2,1H3. The fourth-order valence-corrected chi connectivity index (χ4v) is 2.71. The number of aromatic nitrogens is 1. The van der Waals surface area contributed by atoms with Crippen LogP contribution in [0, 0.1) is 12.7 Å². The van der Waals surface area contributed by atoms with Crippen molar-refractivity contribution in [2.75, 3.05) is 0 Å². The van der Waals surface area contributed by atoms with Crippen LogP contribution in [0.3, 0.4) is 0 Å². The highest BCUT2D eigenvalue weighted by Gasteiger charge is 2.03. The predicted octanol–water partition coefficient (Wildman–Crippen LogP) is 3.64. The first-order valence-electron chi connectivity index (χ1n) is 5.20. The van der Waals surface area contributed by atoms with Crippen molar-refractivity contribution in [1.82, 2.24) is 10.3 Å². The van der Waals surface area contributed by atoms with Crippen LogP contribution in [0.1, 0.15) is 16.1 Å². The van der Waals surface area contributed by atoms with Crippen LogP contribution < -0.4 is 5.32 Å². The molecule has 0 bridgehead atoms. The van der Waals surface area contributed by atoms with Crippen LogP contribution in [-0.2, 0) is 13.1 Å². The number of nitrogens with zero attached hydrogens (tertiary/aromatic N) is 1. The quantitative estimate of drug-likeness (QED) is 0.932. The normalized spacial score (nSPS) is 10.8. The van der Waals surface area contributed by atoms with Gasteiger partial charge in [-0.2, -0.15) is 0 Å². The van der Waals surface area contributed by atoms with E-state index in [1.165, 1.54) is 17.0 Å².